The van der Waals surface area contributed by atoms with Crippen molar-refractivity contribution in [2.45, 2.75) is 19.4 Å². The predicted octanol–water partition coefficient (Wildman–Crippen LogP) is 0.476. The summed E-state index contributed by atoms with van der Waals surface area (Å²) in [6.07, 6.45) is 0.160. The van der Waals surface area contributed by atoms with Gasteiger partial charge in [0.05, 0.1) is 0 Å². The molecule has 3 amide bonds. The quantitative estimate of drug-likeness (QED) is 0.557. The molecular formula is C16H17FN2O5. The van der Waals surface area contributed by atoms with Crippen LogP contribution >= 0.6 is 0 Å². The molecule has 0 N–H and O–H groups in total. The molecule has 2 rings (SSSR count). The third-order valence-corrected chi connectivity index (χ3v) is 3.59. The number of imide groups is 1. The molecule has 24 heavy (non-hydrogen) atoms. The minimum atomic E-state index is -0.841. The number of halogens is 1. The molecule has 1 saturated heterocycles. The first-order chi connectivity index (χ1) is 11.4. The van der Waals surface area contributed by atoms with Gasteiger partial charge in [0, 0.05) is 32.0 Å². The molecule has 1 aliphatic rings. The maximum Gasteiger partial charge on any atom is 0.326 e. The maximum atomic E-state index is 13.5. The van der Waals surface area contributed by atoms with Crippen LogP contribution in [0.4, 0.5) is 4.39 Å². The molecule has 1 aromatic rings. The number of rotatable bonds is 6. The Hall–Kier alpha value is -2.77. The fourth-order valence-electron chi connectivity index (χ4n) is 2.20. The molecule has 8 heteroatoms. The van der Waals surface area contributed by atoms with Gasteiger partial charge in [-0.05, 0) is 6.07 Å². The summed E-state index contributed by atoms with van der Waals surface area (Å²) >= 11 is 0. The Morgan fingerprint density at radius 1 is 1.21 bits per heavy atom. The van der Waals surface area contributed by atoms with Crippen molar-refractivity contribution in [3.8, 4) is 0 Å². The summed E-state index contributed by atoms with van der Waals surface area (Å²) in [5, 5.41) is 0. The normalized spacial score (nSPS) is 14.0. The molecule has 1 aromatic carbocycles. The summed E-state index contributed by atoms with van der Waals surface area (Å²) in [4.78, 5) is 48.4. The minimum Gasteiger partial charge on any atom is -0.454 e. The standard InChI is InChI=1S/C16H17FN2O5/c1-18(8-11-4-2-3-5-12(11)17)15(22)10-24-16(23)9-19-13(20)6-7-14(19)21/h2-5H,6-10H2,1H3. The summed E-state index contributed by atoms with van der Waals surface area (Å²) in [7, 11) is 1.45. The van der Waals surface area contributed by atoms with Crippen LogP contribution in [0.1, 0.15) is 18.4 Å². The van der Waals surface area contributed by atoms with Crippen molar-refractivity contribution in [2.75, 3.05) is 20.2 Å². The number of esters is 1. The van der Waals surface area contributed by atoms with Crippen LogP contribution in [0.5, 0.6) is 0 Å². The van der Waals surface area contributed by atoms with Crippen LogP contribution in [0.3, 0.4) is 0 Å². The van der Waals surface area contributed by atoms with E-state index in [1.807, 2.05) is 0 Å². The lowest BCUT2D eigenvalue weighted by molar-refractivity contribution is -0.156. The monoisotopic (exact) mass is 336 g/mol. The number of hydrogen-bond acceptors (Lipinski definition) is 5. The highest BCUT2D eigenvalue weighted by Crippen LogP contribution is 2.11. The van der Waals surface area contributed by atoms with Gasteiger partial charge in [0.15, 0.2) is 6.61 Å². The zero-order valence-electron chi connectivity index (χ0n) is 13.2. The summed E-state index contributed by atoms with van der Waals surface area (Å²) in [5.41, 5.74) is 0.341. The van der Waals surface area contributed by atoms with E-state index in [9.17, 15) is 23.6 Å². The molecule has 1 heterocycles. The van der Waals surface area contributed by atoms with E-state index in [-0.39, 0.29) is 19.4 Å². The van der Waals surface area contributed by atoms with E-state index < -0.39 is 42.7 Å². The van der Waals surface area contributed by atoms with Crippen LogP contribution in [0.2, 0.25) is 0 Å². The first-order valence-electron chi connectivity index (χ1n) is 7.34. The van der Waals surface area contributed by atoms with Crippen LogP contribution in [0, 0.1) is 5.82 Å². The molecule has 0 aliphatic carbocycles. The minimum absolute atomic E-state index is 0.0339. The molecule has 0 bridgehead atoms. The van der Waals surface area contributed by atoms with Crippen LogP contribution in [-0.2, 0) is 30.5 Å². The second kappa shape index (κ2) is 7.67. The van der Waals surface area contributed by atoms with E-state index >= 15 is 0 Å². The van der Waals surface area contributed by atoms with Crippen molar-refractivity contribution in [1.29, 1.82) is 0 Å². The van der Waals surface area contributed by atoms with Gasteiger partial charge in [0.2, 0.25) is 11.8 Å². The van der Waals surface area contributed by atoms with E-state index in [1.165, 1.54) is 18.0 Å². The van der Waals surface area contributed by atoms with E-state index in [1.54, 1.807) is 18.2 Å². The third kappa shape index (κ3) is 4.37. The molecule has 1 aliphatic heterocycles. The van der Waals surface area contributed by atoms with Gasteiger partial charge in [0.25, 0.3) is 5.91 Å². The van der Waals surface area contributed by atoms with Gasteiger partial charge in [0.1, 0.15) is 12.4 Å². The third-order valence-electron chi connectivity index (χ3n) is 3.59. The van der Waals surface area contributed by atoms with E-state index in [0.29, 0.717) is 5.56 Å². The number of carbonyl (C=O) groups is 4. The van der Waals surface area contributed by atoms with Gasteiger partial charge in [-0.15, -0.1) is 0 Å². The largest absolute Gasteiger partial charge is 0.454 e. The number of benzene rings is 1. The highest BCUT2D eigenvalue weighted by atomic mass is 19.1. The van der Waals surface area contributed by atoms with Gasteiger partial charge < -0.3 is 9.64 Å². The number of hydrogen-bond donors (Lipinski definition) is 0. The molecule has 0 atom stereocenters. The smallest absolute Gasteiger partial charge is 0.326 e. The highest BCUT2D eigenvalue weighted by molar-refractivity contribution is 6.04. The Morgan fingerprint density at radius 3 is 2.46 bits per heavy atom. The van der Waals surface area contributed by atoms with Crippen molar-refractivity contribution in [2.24, 2.45) is 0 Å². The zero-order valence-corrected chi connectivity index (χ0v) is 13.2. The van der Waals surface area contributed by atoms with Crippen molar-refractivity contribution in [3.05, 3.63) is 35.6 Å². The van der Waals surface area contributed by atoms with E-state index in [2.05, 4.69) is 0 Å². The molecule has 0 radical (unpaired) electrons. The molecule has 0 spiro atoms. The van der Waals surface area contributed by atoms with Crippen LogP contribution in [-0.4, -0.2) is 53.7 Å². The fourth-order valence-corrected chi connectivity index (χ4v) is 2.20. The Morgan fingerprint density at radius 2 is 1.83 bits per heavy atom. The Kier molecular flexibility index (Phi) is 5.62. The first kappa shape index (κ1) is 17.6. The second-order valence-corrected chi connectivity index (χ2v) is 5.38. The average molecular weight is 336 g/mol. The number of carbonyl (C=O) groups excluding carboxylic acids is 4. The van der Waals surface area contributed by atoms with E-state index in [4.69, 9.17) is 4.74 Å². The predicted molar refractivity (Wildman–Crippen MR) is 79.8 cm³/mol. The van der Waals surface area contributed by atoms with Gasteiger partial charge in [-0.3, -0.25) is 24.1 Å². The summed E-state index contributed by atoms with van der Waals surface area (Å²) < 4.78 is 18.3. The SMILES string of the molecule is CN(Cc1ccccc1F)C(=O)COC(=O)CN1C(=O)CCC1=O. The fraction of sp³-hybridized carbons (Fsp3) is 0.375. The molecular weight excluding hydrogens is 319 g/mol. The molecule has 7 nitrogen and oxygen atoms in total. The summed E-state index contributed by atoms with van der Waals surface area (Å²) in [6.45, 7) is -1.01. The van der Waals surface area contributed by atoms with Crippen molar-refractivity contribution in [3.63, 3.8) is 0 Å². The Balaban J connectivity index is 1.79. The molecule has 0 aromatic heterocycles. The van der Waals surface area contributed by atoms with Crippen LogP contribution in [0.25, 0.3) is 0 Å². The number of likely N-dealkylation sites (tertiary alicyclic amines) is 1. The van der Waals surface area contributed by atoms with Crippen LogP contribution in [0.15, 0.2) is 24.3 Å². The van der Waals surface area contributed by atoms with Crippen molar-refractivity contribution < 1.29 is 28.3 Å². The number of ether oxygens (including phenoxy) is 1. The summed E-state index contributed by atoms with van der Waals surface area (Å²) in [5.74, 6) is -2.66. The summed E-state index contributed by atoms with van der Waals surface area (Å²) in [6, 6.07) is 6.04. The van der Waals surface area contributed by atoms with Gasteiger partial charge in [-0.2, -0.15) is 0 Å². The number of nitrogens with zero attached hydrogens (tertiary/aromatic N) is 2. The lowest BCUT2D eigenvalue weighted by Crippen LogP contribution is -2.37. The molecule has 128 valence electrons. The Labute approximate surface area is 138 Å². The molecule has 0 saturated carbocycles. The van der Waals surface area contributed by atoms with Gasteiger partial charge in [-0.25, -0.2) is 4.39 Å². The van der Waals surface area contributed by atoms with Crippen LogP contribution < -0.4 is 0 Å². The lowest BCUT2D eigenvalue weighted by atomic mass is 10.2. The first-order valence-corrected chi connectivity index (χ1v) is 7.34. The lowest BCUT2D eigenvalue weighted by Gasteiger charge is -2.18. The maximum absolute atomic E-state index is 13.5. The average Bonchev–Trinajstić information content (AvgIpc) is 2.86. The number of amides is 3. The van der Waals surface area contributed by atoms with Gasteiger partial charge >= 0.3 is 5.97 Å². The van der Waals surface area contributed by atoms with Crippen molar-refractivity contribution >= 4 is 23.7 Å². The molecule has 1 fully saturated rings. The topological polar surface area (TPSA) is 84.0 Å². The molecule has 0 unspecified atom stereocenters. The Bertz CT molecular complexity index is 660. The van der Waals surface area contributed by atoms with E-state index in [0.717, 1.165) is 4.90 Å². The zero-order chi connectivity index (χ0) is 17.7. The second-order valence-electron chi connectivity index (χ2n) is 5.38. The highest BCUT2D eigenvalue weighted by Gasteiger charge is 2.31. The van der Waals surface area contributed by atoms with Gasteiger partial charge in [-0.1, -0.05) is 18.2 Å². The number of likely N-dealkylation sites (N-methyl/N-ethyl adjacent to an activating group) is 1. The van der Waals surface area contributed by atoms with Crippen molar-refractivity contribution in [1.82, 2.24) is 9.80 Å².